The van der Waals surface area contributed by atoms with Crippen molar-refractivity contribution < 1.29 is 10.2 Å². The van der Waals surface area contributed by atoms with Crippen LogP contribution in [0.2, 0.25) is 0 Å². The normalized spacial score (nSPS) is 12.5. The number of hydrogen-bond acceptors (Lipinski definition) is 5. The van der Waals surface area contributed by atoms with Crippen LogP contribution in [0.5, 0.6) is 11.5 Å². The number of aromatic nitrogens is 1. The number of phenols is 2. The minimum absolute atomic E-state index is 0.0116. The van der Waals surface area contributed by atoms with E-state index in [1.54, 1.807) is 17.4 Å². The van der Waals surface area contributed by atoms with Gasteiger partial charge in [0.1, 0.15) is 11.5 Å². The standard InChI is InChI=1S/C15H13N3O2S/c1-18-12-4-2-3-5-14(12)21-15(18)17-16-9-10-6-7-11(19)8-13(10)20/h2-9,19-20H,1H3. The van der Waals surface area contributed by atoms with Gasteiger partial charge >= 0.3 is 0 Å². The zero-order valence-electron chi connectivity index (χ0n) is 11.3. The third-order valence-corrected chi connectivity index (χ3v) is 4.17. The summed E-state index contributed by atoms with van der Waals surface area (Å²) in [6.07, 6.45) is 1.46. The summed E-state index contributed by atoms with van der Waals surface area (Å²) in [7, 11) is 1.94. The highest BCUT2D eigenvalue weighted by molar-refractivity contribution is 7.16. The molecule has 0 aliphatic carbocycles. The Morgan fingerprint density at radius 1 is 1.14 bits per heavy atom. The van der Waals surface area contributed by atoms with Crippen LogP contribution in [0.15, 0.2) is 52.7 Å². The Bertz CT molecular complexity index is 893. The molecule has 3 aromatic rings. The molecule has 0 atom stereocenters. The SMILES string of the molecule is Cn1c(=NN=Cc2ccc(O)cc2O)sc2ccccc21. The summed E-state index contributed by atoms with van der Waals surface area (Å²) in [6.45, 7) is 0. The van der Waals surface area contributed by atoms with Gasteiger partial charge in [-0.1, -0.05) is 23.5 Å². The number of para-hydroxylation sites is 1. The van der Waals surface area contributed by atoms with Gasteiger partial charge in [0.25, 0.3) is 0 Å². The third kappa shape index (κ3) is 2.66. The maximum Gasteiger partial charge on any atom is 0.211 e. The molecule has 5 nitrogen and oxygen atoms in total. The summed E-state index contributed by atoms with van der Waals surface area (Å²) in [5, 5.41) is 27.1. The summed E-state index contributed by atoms with van der Waals surface area (Å²) in [6, 6.07) is 12.4. The van der Waals surface area contributed by atoms with Crippen LogP contribution in [-0.2, 0) is 7.05 Å². The Hall–Kier alpha value is -2.60. The zero-order valence-corrected chi connectivity index (χ0v) is 12.1. The highest BCUT2D eigenvalue weighted by atomic mass is 32.1. The molecule has 0 amide bonds. The molecule has 2 N–H and O–H groups in total. The largest absolute Gasteiger partial charge is 0.508 e. The first-order valence-electron chi connectivity index (χ1n) is 6.29. The molecule has 0 saturated heterocycles. The van der Waals surface area contributed by atoms with Crippen LogP contribution in [0, 0.1) is 0 Å². The molecule has 0 saturated carbocycles. The fourth-order valence-corrected chi connectivity index (χ4v) is 2.94. The van der Waals surface area contributed by atoms with Crippen molar-refractivity contribution in [3.05, 3.63) is 52.8 Å². The van der Waals surface area contributed by atoms with Gasteiger partial charge in [0, 0.05) is 18.7 Å². The highest BCUT2D eigenvalue weighted by Crippen LogP contribution is 2.20. The first-order chi connectivity index (χ1) is 10.1. The zero-order chi connectivity index (χ0) is 14.8. The van der Waals surface area contributed by atoms with Gasteiger partial charge in [-0.15, -0.1) is 5.10 Å². The summed E-state index contributed by atoms with van der Waals surface area (Å²) in [4.78, 5) is 0.769. The van der Waals surface area contributed by atoms with Crippen molar-refractivity contribution in [1.82, 2.24) is 4.57 Å². The van der Waals surface area contributed by atoms with E-state index < -0.39 is 0 Å². The Morgan fingerprint density at radius 2 is 1.95 bits per heavy atom. The molecular formula is C15H13N3O2S. The average Bonchev–Trinajstić information content (AvgIpc) is 2.79. The number of hydrogen-bond donors (Lipinski definition) is 2. The maximum atomic E-state index is 9.66. The molecule has 0 fully saturated rings. The number of aryl methyl sites for hydroxylation is 1. The van der Waals surface area contributed by atoms with Crippen LogP contribution < -0.4 is 4.80 Å². The van der Waals surface area contributed by atoms with Crippen molar-refractivity contribution in [2.45, 2.75) is 0 Å². The van der Waals surface area contributed by atoms with Crippen molar-refractivity contribution in [3.63, 3.8) is 0 Å². The van der Waals surface area contributed by atoms with Crippen molar-refractivity contribution in [2.24, 2.45) is 17.3 Å². The Balaban J connectivity index is 1.97. The molecule has 0 radical (unpaired) electrons. The molecule has 0 unspecified atom stereocenters. The number of thiazole rings is 1. The minimum Gasteiger partial charge on any atom is -0.508 e. The Morgan fingerprint density at radius 3 is 2.71 bits per heavy atom. The number of rotatable bonds is 2. The Kier molecular flexibility index (Phi) is 3.45. The summed E-state index contributed by atoms with van der Waals surface area (Å²) < 4.78 is 3.11. The quantitative estimate of drug-likeness (QED) is 0.564. The lowest BCUT2D eigenvalue weighted by molar-refractivity contribution is 0.450. The fourth-order valence-electron chi connectivity index (χ4n) is 1.96. The lowest BCUT2D eigenvalue weighted by atomic mass is 10.2. The van der Waals surface area contributed by atoms with E-state index >= 15 is 0 Å². The van der Waals surface area contributed by atoms with Crippen molar-refractivity contribution in [3.8, 4) is 11.5 Å². The van der Waals surface area contributed by atoms with E-state index in [1.807, 2.05) is 35.9 Å². The van der Waals surface area contributed by atoms with E-state index in [1.165, 1.54) is 18.3 Å². The topological polar surface area (TPSA) is 70.1 Å². The van der Waals surface area contributed by atoms with Gasteiger partial charge in [0.05, 0.1) is 16.4 Å². The molecule has 1 aromatic heterocycles. The van der Waals surface area contributed by atoms with E-state index in [2.05, 4.69) is 10.2 Å². The van der Waals surface area contributed by atoms with E-state index in [4.69, 9.17) is 0 Å². The summed E-state index contributed by atoms with van der Waals surface area (Å²) in [5.41, 5.74) is 1.60. The fraction of sp³-hybridized carbons (Fsp3) is 0.0667. The first-order valence-corrected chi connectivity index (χ1v) is 7.10. The van der Waals surface area contributed by atoms with Gasteiger partial charge in [-0.3, -0.25) is 0 Å². The van der Waals surface area contributed by atoms with E-state index in [0.29, 0.717) is 5.56 Å². The molecule has 2 aromatic carbocycles. The number of fused-ring (bicyclic) bond motifs is 1. The molecule has 21 heavy (non-hydrogen) atoms. The number of phenolic OH excluding ortho intramolecular Hbond substituents is 2. The molecule has 3 rings (SSSR count). The van der Waals surface area contributed by atoms with Crippen LogP contribution >= 0.6 is 11.3 Å². The molecule has 106 valence electrons. The predicted molar refractivity (Wildman–Crippen MR) is 83.7 cm³/mol. The molecule has 6 heteroatoms. The lowest BCUT2D eigenvalue weighted by Crippen LogP contribution is -2.08. The van der Waals surface area contributed by atoms with Crippen molar-refractivity contribution in [2.75, 3.05) is 0 Å². The van der Waals surface area contributed by atoms with Crippen molar-refractivity contribution in [1.29, 1.82) is 0 Å². The van der Waals surface area contributed by atoms with Crippen LogP contribution in [0.1, 0.15) is 5.56 Å². The maximum absolute atomic E-state index is 9.66. The van der Waals surface area contributed by atoms with Crippen LogP contribution in [0.25, 0.3) is 10.2 Å². The molecular weight excluding hydrogens is 286 g/mol. The minimum atomic E-state index is -0.0327. The van der Waals surface area contributed by atoms with Gasteiger partial charge in [0.2, 0.25) is 4.80 Å². The second-order valence-corrected chi connectivity index (χ2v) is 5.51. The van der Waals surface area contributed by atoms with Gasteiger partial charge in [-0.25, -0.2) is 0 Å². The monoisotopic (exact) mass is 299 g/mol. The van der Waals surface area contributed by atoms with Crippen LogP contribution in [0.3, 0.4) is 0 Å². The number of aromatic hydroxyl groups is 2. The van der Waals surface area contributed by atoms with E-state index in [-0.39, 0.29) is 11.5 Å². The highest BCUT2D eigenvalue weighted by Gasteiger charge is 2.01. The summed E-state index contributed by atoms with van der Waals surface area (Å²) >= 11 is 1.55. The Labute approximate surface area is 124 Å². The van der Waals surface area contributed by atoms with E-state index in [0.717, 1.165) is 15.0 Å². The molecule has 0 aliphatic heterocycles. The van der Waals surface area contributed by atoms with Gasteiger partial charge in [-0.2, -0.15) is 5.10 Å². The average molecular weight is 299 g/mol. The second-order valence-electron chi connectivity index (χ2n) is 4.50. The predicted octanol–water partition coefficient (Wildman–Crippen LogP) is 2.59. The van der Waals surface area contributed by atoms with Crippen LogP contribution in [-0.4, -0.2) is 21.0 Å². The van der Waals surface area contributed by atoms with Crippen molar-refractivity contribution >= 4 is 27.8 Å². The molecule has 0 aliphatic rings. The molecule has 1 heterocycles. The molecule has 0 spiro atoms. The third-order valence-electron chi connectivity index (χ3n) is 3.07. The summed E-state index contributed by atoms with van der Waals surface area (Å²) in [5.74, 6) is -0.0211. The van der Waals surface area contributed by atoms with Gasteiger partial charge in [0.15, 0.2) is 0 Å². The van der Waals surface area contributed by atoms with E-state index in [9.17, 15) is 10.2 Å². The van der Waals surface area contributed by atoms with Gasteiger partial charge < -0.3 is 14.8 Å². The van der Waals surface area contributed by atoms with Crippen LogP contribution in [0.4, 0.5) is 0 Å². The van der Waals surface area contributed by atoms with Gasteiger partial charge in [-0.05, 0) is 24.3 Å². The molecule has 0 bridgehead atoms. The first kappa shape index (κ1) is 13.4. The number of benzene rings is 2. The second kappa shape index (κ2) is 5.41. The number of nitrogens with zero attached hydrogens (tertiary/aromatic N) is 3. The smallest absolute Gasteiger partial charge is 0.211 e. The lowest BCUT2D eigenvalue weighted by Gasteiger charge is -1.97.